The Kier molecular flexibility index (Phi) is 2.32. The summed E-state index contributed by atoms with van der Waals surface area (Å²) >= 11 is 0. The van der Waals surface area contributed by atoms with E-state index in [1.165, 1.54) is 0 Å². The van der Waals surface area contributed by atoms with E-state index in [1.807, 2.05) is 13.8 Å². The van der Waals surface area contributed by atoms with E-state index in [0.717, 1.165) is 19.3 Å². The van der Waals surface area contributed by atoms with E-state index in [4.69, 9.17) is 4.74 Å². The fraction of sp³-hybridized carbons (Fsp3) is 1.00. The van der Waals surface area contributed by atoms with Gasteiger partial charge in [-0.15, -0.1) is 0 Å². The molecule has 0 atom stereocenters. The lowest BCUT2D eigenvalue weighted by Gasteiger charge is -2.09. The van der Waals surface area contributed by atoms with E-state index in [2.05, 4.69) is 0 Å². The van der Waals surface area contributed by atoms with Crippen LogP contribution in [0.5, 0.6) is 0 Å². The van der Waals surface area contributed by atoms with Crippen molar-refractivity contribution in [2.45, 2.75) is 44.8 Å². The topological polar surface area (TPSA) is 29.5 Å². The molecule has 1 fully saturated rings. The molecular weight excluding hydrogens is 128 g/mol. The van der Waals surface area contributed by atoms with Crippen molar-refractivity contribution in [1.29, 1.82) is 0 Å². The number of rotatable bonds is 4. The smallest absolute Gasteiger partial charge is 0.0671 e. The summed E-state index contributed by atoms with van der Waals surface area (Å²) in [7, 11) is 0. The van der Waals surface area contributed by atoms with Crippen LogP contribution in [0.1, 0.15) is 33.1 Å². The molecule has 1 aliphatic carbocycles. The zero-order valence-corrected chi connectivity index (χ0v) is 6.76. The highest BCUT2D eigenvalue weighted by Crippen LogP contribution is 2.38. The van der Waals surface area contributed by atoms with Crippen LogP contribution in [0.2, 0.25) is 0 Å². The van der Waals surface area contributed by atoms with Gasteiger partial charge >= 0.3 is 0 Å². The summed E-state index contributed by atoms with van der Waals surface area (Å²) in [5.41, 5.74) is -0.338. The Bertz CT molecular complexity index is 106. The first-order valence-electron chi connectivity index (χ1n) is 3.96. The summed E-state index contributed by atoms with van der Waals surface area (Å²) in [4.78, 5) is 0. The van der Waals surface area contributed by atoms with E-state index >= 15 is 0 Å². The molecule has 0 aliphatic heterocycles. The quantitative estimate of drug-likeness (QED) is 0.645. The molecule has 1 aliphatic rings. The molecule has 60 valence electrons. The second kappa shape index (κ2) is 2.89. The van der Waals surface area contributed by atoms with Crippen LogP contribution in [0.25, 0.3) is 0 Å². The summed E-state index contributed by atoms with van der Waals surface area (Å²) in [5.74, 6) is 0. The van der Waals surface area contributed by atoms with Gasteiger partial charge in [-0.25, -0.2) is 0 Å². The molecule has 0 amide bonds. The molecule has 0 aromatic carbocycles. The highest BCUT2D eigenvalue weighted by atomic mass is 16.5. The fourth-order valence-electron chi connectivity index (χ4n) is 0.879. The molecule has 1 saturated carbocycles. The van der Waals surface area contributed by atoms with Gasteiger partial charge in [-0.1, -0.05) is 0 Å². The molecule has 0 bridgehead atoms. The van der Waals surface area contributed by atoms with Crippen molar-refractivity contribution in [3.8, 4) is 0 Å². The molecule has 0 radical (unpaired) electrons. The lowest BCUT2D eigenvalue weighted by Crippen LogP contribution is -2.13. The molecule has 1 rings (SSSR count). The average Bonchev–Trinajstić information content (AvgIpc) is 2.47. The highest BCUT2D eigenvalue weighted by Gasteiger charge is 2.39. The van der Waals surface area contributed by atoms with Crippen LogP contribution in [0, 0.1) is 0 Å². The largest absolute Gasteiger partial charge is 0.390 e. The van der Waals surface area contributed by atoms with Crippen LogP contribution in [0.15, 0.2) is 0 Å². The summed E-state index contributed by atoms with van der Waals surface area (Å²) in [6.07, 6.45) is 3.04. The molecule has 0 unspecified atom stereocenters. The van der Waals surface area contributed by atoms with Crippen LogP contribution in [0.3, 0.4) is 0 Å². The molecular formula is C8H16O2. The Morgan fingerprint density at radius 1 is 1.50 bits per heavy atom. The van der Waals surface area contributed by atoms with Gasteiger partial charge in [-0.2, -0.15) is 0 Å². The van der Waals surface area contributed by atoms with Crippen LogP contribution in [-0.2, 0) is 4.74 Å². The molecule has 0 heterocycles. The van der Waals surface area contributed by atoms with Crippen molar-refractivity contribution in [3.05, 3.63) is 0 Å². The zero-order chi connectivity index (χ0) is 7.61. The zero-order valence-electron chi connectivity index (χ0n) is 6.76. The van der Waals surface area contributed by atoms with E-state index in [0.29, 0.717) is 12.7 Å². The molecule has 2 heteroatoms. The van der Waals surface area contributed by atoms with Crippen molar-refractivity contribution in [2.75, 3.05) is 6.61 Å². The molecule has 2 nitrogen and oxygen atoms in total. The maximum Gasteiger partial charge on any atom is 0.0671 e. The number of ether oxygens (including phenoxy) is 1. The SMILES string of the molecule is CC(C)OCCC1(O)CC1. The normalized spacial score (nSPS) is 21.6. The summed E-state index contributed by atoms with van der Waals surface area (Å²) in [6, 6.07) is 0. The van der Waals surface area contributed by atoms with Crippen molar-refractivity contribution in [1.82, 2.24) is 0 Å². The summed E-state index contributed by atoms with van der Waals surface area (Å²) in [6.45, 7) is 4.72. The molecule has 0 saturated heterocycles. The second-order valence-corrected chi connectivity index (χ2v) is 3.39. The predicted molar refractivity (Wildman–Crippen MR) is 39.9 cm³/mol. The van der Waals surface area contributed by atoms with Gasteiger partial charge in [0.15, 0.2) is 0 Å². The third-order valence-corrected chi connectivity index (χ3v) is 1.85. The van der Waals surface area contributed by atoms with E-state index in [1.54, 1.807) is 0 Å². The van der Waals surface area contributed by atoms with Gasteiger partial charge < -0.3 is 9.84 Å². The average molecular weight is 144 g/mol. The minimum absolute atomic E-state index is 0.294. The van der Waals surface area contributed by atoms with E-state index < -0.39 is 0 Å². The molecule has 1 N–H and O–H groups in total. The number of aliphatic hydroxyl groups is 1. The molecule has 0 spiro atoms. The summed E-state index contributed by atoms with van der Waals surface area (Å²) < 4.78 is 5.30. The van der Waals surface area contributed by atoms with Crippen LogP contribution in [-0.4, -0.2) is 23.4 Å². The van der Waals surface area contributed by atoms with E-state index in [9.17, 15) is 5.11 Å². The van der Waals surface area contributed by atoms with Gasteiger partial charge in [0.05, 0.1) is 11.7 Å². The first kappa shape index (κ1) is 8.02. The van der Waals surface area contributed by atoms with E-state index in [-0.39, 0.29) is 5.60 Å². The monoisotopic (exact) mass is 144 g/mol. The first-order chi connectivity index (χ1) is 4.62. The van der Waals surface area contributed by atoms with Gasteiger partial charge in [0.1, 0.15) is 0 Å². The van der Waals surface area contributed by atoms with Crippen molar-refractivity contribution in [3.63, 3.8) is 0 Å². The van der Waals surface area contributed by atoms with Crippen molar-refractivity contribution >= 4 is 0 Å². The molecule has 0 aromatic heterocycles. The Labute approximate surface area is 62.2 Å². The maximum atomic E-state index is 9.36. The Morgan fingerprint density at radius 2 is 2.10 bits per heavy atom. The standard InChI is InChI=1S/C8H16O2/c1-7(2)10-6-5-8(9)3-4-8/h7,9H,3-6H2,1-2H3. The molecule has 10 heavy (non-hydrogen) atoms. The van der Waals surface area contributed by atoms with Gasteiger partial charge in [-0.05, 0) is 33.1 Å². The number of hydrogen-bond donors (Lipinski definition) is 1. The predicted octanol–water partition coefficient (Wildman–Crippen LogP) is 1.33. The third kappa shape index (κ3) is 2.67. The minimum atomic E-state index is -0.338. The van der Waals surface area contributed by atoms with Crippen LogP contribution < -0.4 is 0 Å². The Morgan fingerprint density at radius 3 is 2.50 bits per heavy atom. The minimum Gasteiger partial charge on any atom is -0.390 e. The number of hydrogen-bond acceptors (Lipinski definition) is 2. The Balaban J connectivity index is 1.95. The summed E-state index contributed by atoms with van der Waals surface area (Å²) in [5, 5.41) is 9.36. The van der Waals surface area contributed by atoms with Gasteiger partial charge in [0.25, 0.3) is 0 Å². The van der Waals surface area contributed by atoms with Gasteiger partial charge in [-0.3, -0.25) is 0 Å². The van der Waals surface area contributed by atoms with Crippen LogP contribution in [0.4, 0.5) is 0 Å². The van der Waals surface area contributed by atoms with Crippen molar-refractivity contribution in [2.24, 2.45) is 0 Å². The maximum absolute atomic E-state index is 9.36. The third-order valence-electron chi connectivity index (χ3n) is 1.85. The second-order valence-electron chi connectivity index (χ2n) is 3.39. The highest BCUT2D eigenvalue weighted by molar-refractivity contribution is 4.92. The lowest BCUT2D eigenvalue weighted by atomic mass is 10.2. The first-order valence-corrected chi connectivity index (χ1v) is 3.96. The van der Waals surface area contributed by atoms with Crippen LogP contribution >= 0.6 is 0 Å². The lowest BCUT2D eigenvalue weighted by molar-refractivity contribution is 0.0386. The fourth-order valence-corrected chi connectivity index (χ4v) is 0.879. The Hall–Kier alpha value is -0.0800. The van der Waals surface area contributed by atoms with Gasteiger partial charge in [0.2, 0.25) is 0 Å². The van der Waals surface area contributed by atoms with Crippen molar-refractivity contribution < 1.29 is 9.84 Å². The van der Waals surface area contributed by atoms with Gasteiger partial charge in [0, 0.05) is 6.61 Å². The molecule has 0 aromatic rings.